The maximum Gasteiger partial charge on any atom is 0.306 e. The minimum absolute atomic E-state index is 0.0134. The van der Waals surface area contributed by atoms with Crippen LogP contribution < -0.4 is 0 Å². The Balaban J connectivity index is 2.85. The number of aliphatic carboxylic acids is 1. The van der Waals surface area contributed by atoms with E-state index in [1.165, 1.54) is 13.3 Å². The number of rotatable bonds is 5. The molecule has 6 heteroatoms. The number of hydrogen-bond donors (Lipinski definition) is 1. The van der Waals surface area contributed by atoms with Crippen LogP contribution in [0.3, 0.4) is 0 Å². The topological polar surface area (TPSA) is 89.4 Å². The van der Waals surface area contributed by atoms with Gasteiger partial charge in [-0.15, -0.1) is 0 Å². The van der Waals surface area contributed by atoms with Crippen LogP contribution >= 0.6 is 0 Å². The molecule has 1 N–H and O–H groups in total. The second kappa shape index (κ2) is 5.93. The van der Waals surface area contributed by atoms with Gasteiger partial charge in [0.05, 0.1) is 31.3 Å². The molecule has 0 aromatic carbocycles. The molecule has 0 amide bonds. The number of ether oxygens (including phenoxy) is 1. The molecular formula is C11H14N2O4. The molecule has 0 spiro atoms. The summed E-state index contributed by atoms with van der Waals surface area (Å²) in [4.78, 5) is 30.0. The maximum absolute atomic E-state index is 11.2. The standard InChI is InChI=1S/C11H14N2O4/c1-7-5-13-9(6-12-7)8(3-10(14)15)4-11(16)17-2/h5-6,8H,3-4H2,1-2H3,(H,14,15). The number of carbonyl (C=O) groups is 2. The van der Waals surface area contributed by atoms with Crippen molar-refractivity contribution in [2.45, 2.75) is 25.7 Å². The molecule has 0 fully saturated rings. The molecule has 0 aliphatic carbocycles. The summed E-state index contributed by atoms with van der Waals surface area (Å²) >= 11 is 0. The number of nitrogens with zero attached hydrogens (tertiary/aromatic N) is 2. The third-order valence-electron chi connectivity index (χ3n) is 2.28. The van der Waals surface area contributed by atoms with Gasteiger partial charge in [-0.3, -0.25) is 19.6 Å². The molecule has 1 heterocycles. The van der Waals surface area contributed by atoms with Gasteiger partial charge < -0.3 is 9.84 Å². The number of carboxylic acid groups (broad SMARTS) is 1. The minimum Gasteiger partial charge on any atom is -0.481 e. The van der Waals surface area contributed by atoms with Crippen molar-refractivity contribution in [1.29, 1.82) is 0 Å². The molecular weight excluding hydrogens is 224 g/mol. The Morgan fingerprint density at radius 2 is 2.06 bits per heavy atom. The van der Waals surface area contributed by atoms with Crippen molar-refractivity contribution >= 4 is 11.9 Å². The molecule has 0 radical (unpaired) electrons. The highest BCUT2D eigenvalue weighted by Crippen LogP contribution is 2.21. The van der Waals surface area contributed by atoms with E-state index in [0.29, 0.717) is 5.69 Å². The summed E-state index contributed by atoms with van der Waals surface area (Å²) in [6, 6.07) is 0. The van der Waals surface area contributed by atoms with E-state index >= 15 is 0 Å². The third kappa shape index (κ3) is 4.18. The van der Waals surface area contributed by atoms with Crippen LogP contribution in [-0.2, 0) is 14.3 Å². The molecule has 17 heavy (non-hydrogen) atoms. The molecule has 1 aromatic rings. The van der Waals surface area contributed by atoms with E-state index < -0.39 is 17.9 Å². The molecule has 6 nitrogen and oxygen atoms in total. The number of aromatic nitrogens is 2. The summed E-state index contributed by atoms with van der Waals surface area (Å²) in [5.41, 5.74) is 1.23. The maximum atomic E-state index is 11.2. The Hall–Kier alpha value is -1.98. The van der Waals surface area contributed by atoms with Crippen LogP contribution in [0.2, 0.25) is 0 Å². The molecule has 0 saturated heterocycles. The number of aryl methyl sites for hydroxylation is 1. The van der Waals surface area contributed by atoms with Gasteiger partial charge in [0.25, 0.3) is 0 Å². The van der Waals surface area contributed by atoms with E-state index in [9.17, 15) is 9.59 Å². The molecule has 92 valence electrons. The van der Waals surface area contributed by atoms with Crippen LogP contribution in [0.15, 0.2) is 12.4 Å². The smallest absolute Gasteiger partial charge is 0.306 e. The lowest BCUT2D eigenvalue weighted by Gasteiger charge is -2.12. The number of carboxylic acids is 1. The van der Waals surface area contributed by atoms with Gasteiger partial charge in [0.15, 0.2) is 0 Å². The molecule has 1 atom stereocenters. The molecule has 0 bridgehead atoms. The molecule has 1 rings (SSSR count). The molecule has 1 aromatic heterocycles. The lowest BCUT2D eigenvalue weighted by atomic mass is 9.98. The van der Waals surface area contributed by atoms with Crippen LogP contribution in [0.25, 0.3) is 0 Å². The van der Waals surface area contributed by atoms with Gasteiger partial charge in [-0.25, -0.2) is 0 Å². The Kier molecular flexibility index (Phi) is 4.56. The summed E-state index contributed by atoms with van der Waals surface area (Å²) in [6.07, 6.45) is 2.85. The zero-order valence-electron chi connectivity index (χ0n) is 9.71. The SMILES string of the molecule is COC(=O)CC(CC(=O)O)c1cnc(C)cn1. The third-order valence-corrected chi connectivity index (χ3v) is 2.28. The Labute approximate surface area is 98.7 Å². The van der Waals surface area contributed by atoms with Gasteiger partial charge >= 0.3 is 11.9 Å². The van der Waals surface area contributed by atoms with E-state index in [2.05, 4.69) is 14.7 Å². The first-order chi connectivity index (χ1) is 8.02. The summed E-state index contributed by atoms with van der Waals surface area (Å²) in [7, 11) is 1.26. The van der Waals surface area contributed by atoms with Crippen molar-refractivity contribution in [2.24, 2.45) is 0 Å². The van der Waals surface area contributed by atoms with Gasteiger partial charge in [-0.05, 0) is 6.92 Å². The predicted molar refractivity (Wildman–Crippen MR) is 58.4 cm³/mol. The van der Waals surface area contributed by atoms with Gasteiger partial charge in [0.1, 0.15) is 0 Å². The van der Waals surface area contributed by atoms with Gasteiger partial charge in [-0.1, -0.05) is 0 Å². The highest BCUT2D eigenvalue weighted by atomic mass is 16.5. The summed E-state index contributed by atoms with van der Waals surface area (Å²) in [5, 5.41) is 8.79. The average Bonchev–Trinajstić information content (AvgIpc) is 2.28. The monoisotopic (exact) mass is 238 g/mol. The zero-order valence-corrected chi connectivity index (χ0v) is 9.71. The first kappa shape index (κ1) is 13.1. The van der Waals surface area contributed by atoms with Gasteiger partial charge in [0, 0.05) is 18.3 Å². The van der Waals surface area contributed by atoms with Crippen LogP contribution in [0.4, 0.5) is 0 Å². The predicted octanol–water partition coefficient (Wildman–Crippen LogP) is 0.906. The minimum atomic E-state index is -0.985. The number of esters is 1. The summed E-state index contributed by atoms with van der Waals surface area (Å²) in [5.74, 6) is -1.95. The Morgan fingerprint density at radius 1 is 1.35 bits per heavy atom. The van der Waals surface area contributed by atoms with Crippen molar-refractivity contribution < 1.29 is 19.4 Å². The van der Waals surface area contributed by atoms with Crippen molar-refractivity contribution in [3.63, 3.8) is 0 Å². The number of methoxy groups -OCH3 is 1. The van der Waals surface area contributed by atoms with E-state index in [1.807, 2.05) is 0 Å². The first-order valence-corrected chi connectivity index (χ1v) is 5.10. The highest BCUT2D eigenvalue weighted by molar-refractivity contribution is 5.73. The largest absolute Gasteiger partial charge is 0.481 e. The van der Waals surface area contributed by atoms with Crippen LogP contribution in [0.1, 0.15) is 30.1 Å². The fraction of sp³-hybridized carbons (Fsp3) is 0.455. The molecule has 0 aliphatic heterocycles. The number of carbonyl (C=O) groups excluding carboxylic acids is 1. The summed E-state index contributed by atoms with van der Waals surface area (Å²) < 4.78 is 4.53. The number of hydrogen-bond acceptors (Lipinski definition) is 5. The van der Waals surface area contributed by atoms with Gasteiger partial charge in [-0.2, -0.15) is 0 Å². The molecule has 1 unspecified atom stereocenters. The zero-order chi connectivity index (χ0) is 12.8. The lowest BCUT2D eigenvalue weighted by molar-refractivity contribution is -0.141. The normalized spacial score (nSPS) is 11.9. The molecule has 0 saturated carbocycles. The lowest BCUT2D eigenvalue weighted by Crippen LogP contribution is -2.14. The van der Waals surface area contributed by atoms with Crippen molar-refractivity contribution in [3.8, 4) is 0 Å². The van der Waals surface area contributed by atoms with E-state index in [-0.39, 0.29) is 12.8 Å². The fourth-order valence-electron chi connectivity index (χ4n) is 1.39. The van der Waals surface area contributed by atoms with E-state index in [1.54, 1.807) is 13.1 Å². The fourth-order valence-corrected chi connectivity index (χ4v) is 1.39. The first-order valence-electron chi connectivity index (χ1n) is 5.10. The van der Waals surface area contributed by atoms with E-state index in [4.69, 9.17) is 5.11 Å². The molecule has 0 aliphatic rings. The van der Waals surface area contributed by atoms with Crippen molar-refractivity contribution in [1.82, 2.24) is 9.97 Å². The van der Waals surface area contributed by atoms with Crippen LogP contribution in [0.5, 0.6) is 0 Å². The van der Waals surface area contributed by atoms with E-state index in [0.717, 1.165) is 5.69 Å². The van der Waals surface area contributed by atoms with Gasteiger partial charge in [0.2, 0.25) is 0 Å². The Morgan fingerprint density at radius 3 is 2.53 bits per heavy atom. The quantitative estimate of drug-likeness (QED) is 0.767. The highest BCUT2D eigenvalue weighted by Gasteiger charge is 2.21. The average molecular weight is 238 g/mol. The van der Waals surface area contributed by atoms with Crippen molar-refractivity contribution in [3.05, 3.63) is 23.8 Å². The van der Waals surface area contributed by atoms with Crippen LogP contribution in [-0.4, -0.2) is 34.1 Å². The Bertz CT molecular complexity index is 402. The second-order valence-electron chi connectivity index (χ2n) is 3.66. The second-order valence-corrected chi connectivity index (χ2v) is 3.66. The van der Waals surface area contributed by atoms with Crippen LogP contribution in [0, 0.1) is 6.92 Å². The van der Waals surface area contributed by atoms with Crippen molar-refractivity contribution in [2.75, 3.05) is 7.11 Å². The summed E-state index contributed by atoms with van der Waals surface area (Å²) in [6.45, 7) is 1.78.